The first kappa shape index (κ1) is 16.9. The van der Waals surface area contributed by atoms with E-state index in [0.717, 1.165) is 12.8 Å². The summed E-state index contributed by atoms with van der Waals surface area (Å²) in [6.07, 6.45) is 2.27. The molecular weight excluding hydrogens is 336 g/mol. The van der Waals surface area contributed by atoms with Gasteiger partial charge in [-0.05, 0) is 61.7 Å². The maximum atomic E-state index is 2.39. The van der Waals surface area contributed by atoms with Crippen molar-refractivity contribution in [1.82, 2.24) is 0 Å². The first-order valence-corrected chi connectivity index (χ1v) is 10.8. The molecular formula is C20H24S3. The van der Waals surface area contributed by atoms with Crippen LogP contribution in [0.25, 0.3) is 0 Å². The lowest BCUT2D eigenvalue weighted by Crippen LogP contribution is -2.20. The van der Waals surface area contributed by atoms with E-state index in [1.165, 1.54) is 19.5 Å². The summed E-state index contributed by atoms with van der Waals surface area (Å²) in [7, 11) is 0. The van der Waals surface area contributed by atoms with Gasteiger partial charge in [0.1, 0.15) is 0 Å². The van der Waals surface area contributed by atoms with Gasteiger partial charge in [0.25, 0.3) is 0 Å². The van der Waals surface area contributed by atoms with Gasteiger partial charge in [0, 0.05) is 30.3 Å². The number of thiophene rings is 3. The Morgan fingerprint density at radius 1 is 0.696 bits per heavy atom. The molecule has 0 aliphatic carbocycles. The third-order valence-electron chi connectivity index (χ3n) is 5.24. The molecule has 23 heavy (non-hydrogen) atoms. The van der Waals surface area contributed by atoms with Crippen molar-refractivity contribution in [1.29, 1.82) is 0 Å². The highest BCUT2D eigenvalue weighted by molar-refractivity contribution is 7.14. The van der Waals surface area contributed by atoms with Gasteiger partial charge in [0.2, 0.25) is 0 Å². The van der Waals surface area contributed by atoms with Crippen LogP contribution < -0.4 is 0 Å². The lowest BCUT2D eigenvalue weighted by atomic mass is 9.83. The third kappa shape index (κ3) is 2.84. The van der Waals surface area contributed by atoms with Gasteiger partial charge in [-0.3, -0.25) is 0 Å². The molecule has 0 bridgehead atoms. The van der Waals surface area contributed by atoms with E-state index in [1.807, 2.05) is 34.0 Å². The summed E-state index contributed by atoms with van der Waals surface area (Å²) in [4.78, 5) is 5.94. The molecule has 2 unspecified atom stereocenters. The van der Waals surface area contributed by atoms with Gasteiger partial charge in [-0.1, -0.05) is 26.0 Å². The summed E-state index contributed by atoms with van der Waals surface area (Å²) in [6, 6.07) is 13.6. The van der Waals surface area contributed by atoms with Crippen LogP contribution in [0, 0.1) is 0 Å². The van der Waals surface area contributed by atoms with E-state index in [1.54, 1.807) is 0 Å². The Hall–Kier alpha value is -0.900. The molecule has 0 aliphatic heterocycles. The minimum absolute atomic E-state index is 0.140. The second kappa shape index (κ2) is 6.54. The minimum atomic E-state index is 0.140. The maximum absolute atomic E-state index is 2.39. The minimum Gasteiger partial charge on any atom is -0.148 e. The van der Waals surface area contributed by atoms with E-state index in [4.69, 9.17) is 0 Å². The normalized spacial score (nSPS) is 16.9. The fourth-order valence-corrected chi connectivity index (χ4v) is 6.60. The van der Waals surface area contributed by atoms with Crippen LogP contribution in [-0.2, 0) is 10.8 Å². The molecule has 0 N–H and O–H groups in total. The van der Waals surface area contributed by atoms with E-state index in [9.17, 15) is 0 Å². The van der Waals surface area contributed by atoms with Crippen molar-refractivity contribution in [2.45, 2.75) is 51.4 Å². The second-order valence-corrected chi connectivity index (χ2v) is 9.47. The van der Waals surface area contributed by atoms with Gasteiger partial charge >= 0.3 is 0 Å². The van der Waals surface area contributed by atoms with Crippen LogP contribution >= 0.6 is 34.0 Å². The van der Waals surface area contributed by atoms with Gasteiger partial charge in [-0.15, -0.1) is 34.0 Å². The third-order valence-corrected chi connectivity index (χ3v) is 9.12. The fraction of sp³-hybridized carbons (Fsp3) is 0.400. The lowest BCUT2D eigenvalue weighted by Gasteiger charge is -2.28. The Labute approximate surface area is 151 Å². The molecule has 0 fully saturated rings. The Balaban J connectivity index is 2.03. The summed E-state index contributed by atoms with van der Waals surface area (Å²) >= 11 is 5.76. The molecule has 3 aromatic rings. The van der Waals surface area contributed by atoms with Crippen LogP contribution in [0.3, 0.4) is 0 Å². The zero-order valence-electron chi connectivity index (χ0n) is 14.3. The highest BCUT2D eigenvalue weighted by Crippen LogP contribution is 2.46. The van der Waals surface area contributed by atoms with E-state index >= 15 is 0 Å². The number of hydrogen-bond acceptors (Lipinski definition) is 3. The Morgan fingerprint density at radius 2 is 1.13 bits per heavy atom. The summed E-state index contributed by atoms with van der Waals surface area (Å²) < 4.78 is 0. The average Bonchev–Trinajstić information content (AvgIpc) is 3.34. The molecule has 0 saturated carbocycles. The van der Waals surface area contributed by atoms with Crippen molar-refractivity contribution >= 4 is 34.0 Å². The van der Waals surface area contributed by atoms with Crippen LogP contribution in [0.4, 0.5) is 0 Å². The van der Waals surface area contributed by atoms with Crippen molar-refractivity contribution in [3.05, 3.63) is 66.7 Å². The maximum Gasteiger partial charge on any atom is 0.0359 e. The smallest absolute Gasteiger partial charge is 0.0359 e. The molecule has 0 aliphatic rings. The van der Waals surface area contributed by atoms with Crippen molar-refractivity contribution in [2.24, 2.45) is 0 Å². The fourth-order valence-electron chi connectivity index (χ4n) is 3.06. The van der Waals surface area contributed by atoms with E-state index in [-0.39, 0.29) is 10.8 Å². The SMILES string of the molecule is CCC(C)(c1cccs1)c1ccc(C(C)(CC)c2cccs2)s1. The van der Waals surface area contributed by atoms with Crippen molar-refractivity contribution < 1.29 is 0 Å². The molecule has 3 rings (SSSR count). The van der Waals surface area contributed by atoms with Gasteiger partial charge in [0.15, 0.2) is 0 Å². The van der Waals surface area contributed by atoms with Gasteiger partial charge in [-0.2, -0.15) is 0 Å². The molecule has 0 saturated heterocycles. The number of hydrogen-bond donors (Lipinski definition) is 0. The quantitative estimate of drug-likeness (QED) is 0.432. The summed E-state index contributed by atoms with van der Waals surface area (Å²) in [5.74, 6) is 0. The molecule has 3 heteroatoms. The van der Waals surface area contributed by atoms with Crippen LogP contribution in [0.1, 0.15) is 60.0 Å². The summed E-state index contributed by atoms with van der Waals surface area (Å²) in [5, 5.41) is 4.39. The van der Waals surface area contributed by atoms with Crippen LogP contribution in [0.5, 0.6) is 0 Å². The molecule has 0 nitrogen and oxygen atoms in total. The predicted octanol–water partition coefficient (Wildman–Crippen LogP) is 7.30. The lowest BCUT2D eigenvalue weighted by molar-refractivity contribution is 0.571. The highest BCUT2D eigenvalue weighted by Gasteiger charge is 2.34. The van der Waals surface area contributed by atoms with Crippen LogP contribution in [-0.4, -0.2) is 0 Å². The Kier molecular flexibility index (Phi) is 4.82. The molecule has 3 heterocycles. The monoisotopic (exact) mass is 360 g/mol. The molecule has 122 valence electrons. The summed E-state index contributed by atoms with van der Waals surface area (Å²) in [6.45, 7) is 9.39. The van der Waals surface area contributed by atoms with Crippen LogP contribution in [0.15, 0.2) is 47.2 Å². The first-order valence-electron chi connectivity index (χ1n) is 8.23. The van der Waals surface area contributed by atoms with E-state index in [0.29, 0.717) is 0 Å². The summed E-state index contributed by atoms with van der Waals surface area (Å²) in [5.41, 5.74) is 0.280. The van der Waals surface area contributed by atoms with Crippen molar-refractivity contribution in [3.63, 3.8) is 0 Å². The standard InChI is InChI=1S/C20H24S3/c1-5-19(3,15-9-7-13-21-15)17-11-12-18(23-17)20(4,6-2)16-10-8-14-22-16/h7-14H,5-6H2,1-4H3. The van der Waals surface area contributed by atoms with Gasteiger partial charge < -0.3 is 0 Å². The first-order chi connectivity index (χ1) is 11.0. The van der Waals surface area contributed by atoms with Gasteiger partial charge in [-0.25, -0.2) is 0 Å². The van der Waals surface area contributed by atoms with E-state index in [2.05, 4.69) is 74.9 Å². The molecule has 3 aromatic heterocycles. The molecule has 0 amide bonds. The molecule has 0 aromatic carbocycles. The zero-order chi connectivity index (χ0) is 16.5. The molecule has 0 spiro atoms. The van der Waals surface area contributed by atoms with Crippen molar-refractivity contribution in [2.75, 3.05) is 0 Å². The molecule has 2 atom stereocenters. The van der Waals surface area contributed by atoms with Crippen molar-refractivity contribution in [3.8, 4) is 0 Å². The largest absolute Gasteiger partial charge is 0.148 e. The second-order valence-electron chi connectivity index (χ2n) is 6.49. The molecule has 0 radical (unpaired) electrons. The number of rotatable bonds is 6. The zero-order valence-corrected chi connectivity index (χ0v) is 16.7. The topological polar surface area (TPSA) is 0 Å². The van der Waals surface area contributed by atoms with Gasteiger partial charge in [0.05, 0.1) is 0 Å². The van der Waals surface area contributed by atoms with Crippen LogP contribution in [0.2, 0.25) is 0 Å². The van der Waals surface area contributed by atoms with E-state index < -0.39 is 0 Å². The Bertz CT molecular complexity index is 673. The average molecular weight is 361 g/mol. The Morgan fingerprint density at radius 3 is 1.43 bits per heavy atom. The predicted molar refractivity (Wildman–Crippen MR) is 106 cm³/mol. The highest BCUT2D eigenvalue weighted by atomic mass is 32.1.